The third-order valence-electron chi connectivity index (χ3n) is 6.99. The Kier molecular flexibility index (Phi) is 9.75. The average molecular weight is 563 g/mol. The van der Waals surface area contributed by atoms with E-state index in [9.17, 15) is 0 Å². The molecule has 7 heteroatoms. The van der Waals surface area contributed by atoms with Crippen molar-refractivity contribution in [1.82, 2.24) is 9.55 Å². The van der Waals surface area contributed by atoms with Gasteiger partial charge in [-0.3, -0.25) is 0 Å². The van der Waals surface area contributed by atoms with Crippen molar-refractivity contribution in [2.75, 3.05) is 44.2 Å². The van der Waals surface area contributed by atoms with E-state index in [-0.39, 0.29) is 0 Å². The van der Waals surface area contributed by atoms with E-state index in [1.165, 1.54) is 11.1 Å². The van der Waals surface area contributed by atoms with E-state index >= 15 is 0 Å². The lowest BCUT2D eigenvalue weighted by Crippen LogP contribution is -2.22. The van der Waals surface area contributed by atoms with Crippen LogP contribution in [0.3, 0.4) is 0 Å². The van der Waals surface area contributed by atoms with Crippen molar-refractivity contribution in [2.45, 2.75) is 19.7 Å². The number of benzene rings is 4. The summed E-state index contributed by atoms with van der Waals surface area (Å²) in [5, 5.41) is 0. The fourth-order valence-corrected chi connectivity index (χ4v) is 4.74. The van der Waals surface area contributed by atoms with Crippen molar-refractivity contribution in [3.8, 4) is 17.2 Å². The Bertz CT molecular complexity index is 1530. The van der Waals surface area contributed by atoms with Gasteiger partial charge in [-0.1, -0.05) is 42.5 Å². The molecule has 1 heterocycles. The van der Waals surface area contributed by atoms with Gasteiger partial charge in [0.15, 0.2) is 0 Å². The summed E-state index contributed by atoms with van der Waals surface area (Å²) >= 11 is 0. The summed E-state index contributed by atoms with van der Waals surface area (Å²) in [7, 11) is 5.74. The highest BCUT2D eigenvalue weighted by atomic mass is 16.5. The van der Waals surface area contributed by atoms with E-state index in [4.69, 9.17) is 14.2 Å². The third kappa shape index (κ3) is 7.92. The molecule has 4 aromatic carbocycles. The van der Waals surface area contributed by atoms with Gasteiger partial charge in [-0.05, 0) is 65.2 Å². The Labute approximate surface area is 248 Å². The van der Waals surface area contributed by atoms with E-state index in [1.54, 1.807) is 13.3 Å². The zero-order valence-corrected chi connectivity index (χ0v) is 24.5. The van der Waals surface area contributed by atoms with Crippen LogP contribution in [0.25, 0.3) is 5.69 Å². The number of anilines is 2. The molecular formula is C35H38N4O3. The molecule has 0 unspecified atom stereocenters. The molecule has 216 valence electrons. The molecule has 5 aromatic rings. The van der Waals surface area contributed by atoms with Crippen LogP contribution in [0.1, 0.15) is 16.7 Å². The Morgan fingerprint density at radius 3 is 2.19 bits per heavy atom. The molecule has 0 amide bonds. The molecular weight excluding hydrogens is 524 g/mol. The van der Waals surface area contributed by atoms with Crippen molar-refractivity contribution in [2.24, 2.45) is 0 Å². The van der Waals surface area contributed by atoms with E-state index in [0.29, 0.717) is 19.8 Å². The number of rotatable bonds is 14. The fraction of sp³-hybridized carbons (Fsp3) is 0.229. The number of imidazole rings is 1. The van der Waals surface area contributed by atoms with Crippen LogP contribution in [0.4, 0.5) is 11.4 Å². The van der Waals surface area contributed by atoms with Gasteiger partial charge in [0.25, 0.3) is 0 Å². The van der Waals surface area contributed by atoms with Gasteiger partial charge in [-0.25, -0.2) is 4.98 Å². The zero-order chi connectivity index (χ0) is 29.1. The summed E-state index contributed by atoms with van der Waals surface area (Å²) in [4.78, 5) is 8.63. The standard InChI is InChI=1S/C35H38N4O3/c1-37(2)32-9-6-12-35(23-32)42-20-19-41-26-28-13-15-31(16-14-28)39(25-30-8-5-11-34(22-30)40-3)24-29-7-4-10-33(21-29)38-18-17-36-27-38/h4-18,21-23,27H,19-20,24-26H2,1-3H3. The molecule has 0 saturated heterocycles. The Balaban J connectivity index is 1.22. The predicted molar refractivity (Wildman–Crippen MR) is 169 cm³/mol. The number of hydrogen-bond donors (Lipinski definition) is 0. The van der Waals surface area contributed by atoms with Gasteiger partial charge < -0.3 is 28.6 Å². The average Bonchev–Trinajstić information content (AvgIpc) is 3.57. The van der Waals surface area contributed by atoms with Crippen molar-refractivity contribution in [1.29, 1.82) is 0 Å². The lowest BCUT2D eigenvalue weighted by Gasteiger charge is -2.26. The van der Waals surface area contributed by atoms with Crippen LogP contribution in [0.5, 0.6) is 11.5 Å². The van der Waals surface area contributed by atoms with Crippen LogP contribution in [-0.2, 0) is 24.4 Å². The number of nitrogens with zero attached hydrogens (tertiary/aromatic N) is 4. The van der Waals surface area contributed by atoms with Crippen LogP contribution >= 0.6 is 0 Å². The maximum Gasteiger partial charge on any atom is 0.121 e. The molecule has 0 aliphatic heterocycles. The van der Waals surface area contributed by atoms with Crippen molar-refractivity contribution in [3.63, 3.8) is 0 Å². The Hall–Kier alpha value is -4.75. The fourth-order valence-electron chi connectivity index (χ4n) is 4.74. The van der Waals surface area contributed by atoms with Crippen molar-refractivity contribution < 1.29 is 14.2 Å². The normalized spacial score (nSPS) is 10.8. The van der Waals surface area contributed by atoms with Gasteiger partial charge in [0.05, 0.1) is 26.7 Å². The minimum atomic E-state index is 0.501. The monoisotopic (exact) mass is 562 g/mol. The minimum absolute atomic E-state index is 0.501. The quantitative estimate of drug-likeness (QED) is 0.140. The lowest BCUT2D eigenvalue weighted by molar-refractivity contribution is 0.0889. The molecule has 7 nitrogen and oxygen atoms in total. The topological polar surface area (TPSA) is 52.0 Å². The van der Waals surface area contributed by atoms with Crippen LogP contribution in [0, 0.1) is 0 Å². The first-order valence-electron chi connectivity index (χ1n) is 14.1. The molecule has 0 saturated carbocycles. The number of ether oxygens (including phenoxy) is 3. The number of aromatic nitrogens is 2. The van der Waals surface area contributed by atoms with E-state index in [2.05, 4.69) is 81.5 Å². The first kappa shape index (κ1) is 28.8. The summed E-state index contributed by atoms with van der Waals surface area (Å²) in [5.41, 5.74) is 6.86. The smallest absolute Gasteiger partial charge is 0.121 e. The van der Waals surface area contributed by atoms with Crippen LogP contribution in [-0.4, -0.2) is 44.0 Å². The predicted octanol–water partition coefficient (Wildman–Crippen LogP) is 6.75. The highest BCUT2D eigenvalue weighted by molar-refractivity contribution is 5.51. The van der Waals surface area contributed by atoms with Crippen molar-refractivity contribution in [3.05, 3.63) is 132 Å². The Morgan fingerprint density at radius 1 is 0.714 bits per heavy atom. The van der Waals surface area contributed by atoms with Gasteiger partial charge in [-0.15, -0.1) is 0 Å². The molecule has 0 bridgehead atoms. The molecule has 0 aliphatic rings. The molecule has 42 heavy (non-hydrogen) atoms. The van der Waals surface area contributed by atoms with Crippen molar-refractivity contribution >= 4 is 11.4 Å². The van der Waals surface area contributed by atoms with Gasteiger partial charge in [0, 0.05) is 62.7 Å². The number of hydrogen-bond acceptors (Lipinski definition) is 6. The van der Waals surface area contributed by atoms with E-state index in [1.807, 2.05) is 61.5 Å². The first-order valence-corrected chi connectivity index (χ1v) is 14.1. The largest absolute Gasteiger partial charge is 0.497 e. The highest BCUT2D eigenvalue weighted by Gasteiger charge is 2.11. The molecule has 0 atom stereocenters. The second-order valence-corrected chi connectivity index (χ2v) is 10.3. The van der Waals surface area contributed by atoms with E-state index in [0.717, 1.165) is 47.2 Å². The minimum Gasteiger partial charge on any atom is -0.497 e. The summed E-state index contributed by atoms with van der Waals surface area (Å²) < 4.78 is 19.3. The van der Waals surface area contributed by atoms with Gasteiger partial charge in [-0.2, -0.15) is 0 Å². The lowest BCUT2D eigenvalue weighted by atomic mass is 10.1. The molecule has 0 spiro atoms. The number of methoxy groups -OCH3 is 1. The third-order valence-corrected chi connectivity index (χ3v) is 6.99. The summed E-state index contributed by atoms with van der Waals surface area (Å²) in [6, 6.07) is 33.5. The van der Waals surface area contributed by atoms with Gasteiger partial charge in [0.2, 0.25) is 0 Å². The summed E-state index contributed by atoms with van der Waals surface area (Å²) in [6.45, 7) is 3.05. The zero-order valence-electron chi connectivity index (χ0n) is 24.5. The van der Waals surface area contributed by atoms with Gasteiger partial charge in [0.1, 0.15) is 18.1 Å². The molecule has 0 aliphatic carbocycles. The highest BCUT2D eigenvalue weighted by Crippen LogP contribution is 2.24. The molecule has 1 aromatic heterocycles. The maximum atomic E-state index is 5.91. The van der Waals surface area contributed by atoms with Crippen LogP contribution < -0.4 is 19.3 Å². The second kappa shape index (κ2) is 14.2. The van der Waals surface area contributed by atoms with Crippen LogP contribution in [0.15, 0.2) is 116 Å². The van der Waals surface area contributed by atoms with Gasteiger partial charge >= 0.3 is 0 Å². The molecule has 0 N–H and O–H groups in total. The van der Waals surface area contributed by atoms with Crippen LogP contribution in [0.2, 0.25) is 0 Å². The SMILES string of the molecule is COc1cccc(CN(Cc2cccc(-n3ccnc3)c2)c2ccc(COCCOc3cccc(N(C)C)c3)cc2)c1. The summed E-state index contributed by atoms with van der Waals surface area (Å²) in [5.74, 6) is 1.71. The summed E-state index contributed by atoms with van der Waals surface area (Å²) in [6.07, 6.45) is 5.58. The maximum absolute atomic E-state index is 5.91. The molecule has 5 rings (SSSR count). The second-order valence-electron chi connectivity index (χ2n) is 10.3. The first-order chi connectivity index (χ1) is 20.6. The van der Waals surface area contributed by atoms with E-state index < -0.39 is 0 Å². The Morgan fingerprint density at radius 2 is 1.45 bits per heavy atom. The molecule has 0 radical (unpaired) electrons. The molecule has 0 fully saturated rings.